The van der Waals surface area contributed by atoms with Gasteiger partial charge in [-0.25, -0.2) is 0 Å². The van der Waals surface area contributed by atoms with Crippen molar-refractivity contribution in [2.75, 3.05) is 17.2 Å². The van der Waals surface area contributed by atoms with Crippen molar-refractivity contribution in [3.8, 4) is 0 Å². The molecule has 1 fully saturated rings. The molecule has 114 valence electrons. The first-order chi connectivity index (χ1) is 10.0. The summed E-state index contributed by atoms with van der Waals surface area (Å²) in [5, 5.41) is 5.90. The highest BCUT2D eigenvalue weighted by Crippen LogP contribution is 2.33. The second kappa shape index (κ2) is 6.91. The molecular formula is C15H20ClN3O2. The number of anilines is 2. The van der Waals surface area contributed by atoms with Gasteiger partial charge in [-0.15, -0.1) is 0 Å². The number of halogens is 1. The maximum atomic E-state index is 12.3. The molecule has 0 heterocycles. The molecule has 1 aromatic rings. The van der Waals surface area contributed by atoms with Crippen LogP contribution in [0.15, 0.2) is 18.2 Å². The molecule has 1 aliphatic rings. The average Bonchev–Trinajstić information content (AvgIpc) is 2.89. The van der Waals surface area contributed by atoms with Gasteiger partial charge in [0.15, 0.2) is 0 Å². The van der Waals surface area contributed by atoms with Crippen LogP contribution in [0.25, 0.3) is 0 Å². The van der Waals surface area contributed by atoms with Gasteiger partial charge in [0.2, 0.25) is 11.8 Å². The van der Waals surface area contributed by atoms with Gasteiger partial charge in [0, 0.05) is 18.5 Å². The van der Waals surface area contributed by atoms with Crippen LogP contribution in [-0.2, 0) is 9.59 Å². The molecule has 0 unspecified atom stereocenters. The molecule has 2 rings (SSSR count). The first kappa shape index (κ1) is 15.8. The summed E-state index contributed by atoms with van der Waals surface area (Å²) < 4.78 is 0. The molecular weight excluding hydrogens is 290 g/mol. The molecule has 5 nitrogen and oxygen atoms in total. The summed E-state index contributed by atoms with van der Waals surface area (Å²) in [6.07, 6.45) is 2.91. The van der Waals surface area contributed by atoms with Crippen LogP contribution < -0.4 is 16.4 Å². The van der Waals surface area contributed by atoms with Crippen LogP contribution in [0.1, 0.15) is 26.2 Å². The van der Waals surface area contributed by atoms with E-state index in [4.69, 9.17) is 17.3 Å². The molecule has 0 aromatic heterocycles. The Labute approximate surface area is 129 Å². The maximum Gasteiger partial charge on any atom is 0.227 e. The van der Waals surface area contributed by atoms with Crippen LogP contribution in [-0.4, -0.2) is 18.4 Å². The Morgan fingerprint density at radius 2 is 2.10 bits per heavy atom. The number of nitrogens with one attached hydrogen (secondary N) is 2. The Kier molecular flexibility index (Phi) is 5.20. The summed E-state index contributed by atoms with van der Waals surface area (Å²) in [7, 11) is 0. The van der Waals surface area contributed by atoms with Crippen molar-refractivity contribution in [2.24, 2.45) is 17.6 Å². The molecule has 1 aliphatic carbocycles. The fourth-order valence-electron chi connectivity index (χ4n) is 2.79. The second-order valence-corrected chi connectivity index (χ2v) is 5.81. The fraction of sp³-hybridized carbons (Fsp3) is 0.467. The summed E-state index contributed by atoms with van der Waals surface area (Å²) >= 11 is 6.14. The monoisotopic (exact) mass is 309 g/mol. The molecule has 0 bridgehead atoms. The molecule has 2 atom stereocenters. The van der Waals surface area contributed by atoms with Crippen LogP contribution in [0.4, 0.5) is 11.4 Å². The minimum atomic E-state index is -0.167. The van der Waals surface area contributed by atoms with E-state index in [0.717, 1.165) is 19.3 Å². The lowest BCUT2D eigenvalue weighted by Crippen LogP contribution is -2.29. The lowest BCUT2D eigenvalue weighted by Gasteiger charge is -2.18. The van der Waals surface area contributed by atoms with Crippen molar-refractivity contribution in [1.82, 2.24) is 0 Å². The highest BCUT2D eigenvalue weighted by molar-refractivity contribution is 6.34. The topological polar surface area (TPSA) is 84.2 Å². The van der Waals surface area contributed by atoms with E-state index in [1.807, 2.05) is 0 Å². The van der Waals surface area contributed by atoms with E-state index in [-0.39, 0.29) is 23.7 Å². The van der Waals surface area contributed by atoms with Crippen LogP contribution in [0.5, 0.6) is 0 Å². The van der Waals surface area contributed by atoms with Gasteiger partial charge in [0.05, 0.1) is 10.7 Å². The van der Waals surface area contributed by atoms with Gasteiger partial charge in [-0.1, -0.05) is 18.0 Å². The van der Waals surface area contributed by atoms with Gasteiger partial charge in [0.25, 0.3) is 0 Å². The summed E-state index contributed by atoms with van der Waals surface area (Å²) in [6, 6.07) is 5.02. The first-order valence-electron chi connectivity index (χ1n) is 7.09. The average molecular weight is 310 g/mol. The predicted octanol–water partition coefficient (Wildman–Crippen LogP) is 2.61. The number of hydrogen-bond donors (Lipinski definition) is 3. The smallest absolute Gasteiger partial charge is 0.227 e. The van der Waals surface area contributed by atoms with E-state index in [1.54, 1.807) is 18.2 Å². The zero-order valence-corrected chi connectivity index (χ0v) is 12.7. The summed E-state index contributed by atoms with van der Waals surface area (Å²) in [5.74, 6) is 0.0141. The Hall–Kier alpha value is -1.59. The Balaban J connectivity index is 2.05. The quantitative estimate of drug-likeness (QED) is 0.799. The third-order valence-electron chi connectivity index (χ3n) is 3.85. The molecule has 0 spiro atoms. The normalized spacial score (nSPS) is 21.1. The van der Waals surface area contributed by atoms with Crippen LogP contribution in [0.3, 0.4) is 0 Å². The number of benzene rings is 1. The van der Waals surface area contributed by atoms with E-state index < -0.39 is 0 Å². The Morgan fingerprint density at radius 1 is 1.33 bits per heavy atom. The Bertz CT molecular complexity index is 548. The summed E-state index contributed by atoms with van der Waals surface area (Å²) in [6.45, 7) is 1.96. The lowest BCUT2D eigenvalue weighted by atomic mass is 9.95. The predicted molar refractivity (Wildman–Crippen MR) is 84.3 cm³/mol. The molecule has 2 amide bonds. The third-order valence-corrected chi connectivity index (χ3v) is 4.16. The number of carbonyl (C=O) groups is 2. The molecule has 21 heavy (non-hydrogen) atoms. The molecule has 1 saturated carbocycles. The van der Waals surface area contributed by atoms with Crippen molar-refractivity contribution in [3.05, 3.63) is 23.2 Å². The molecule has 0 radical (unpaired) electrons. The lowest BCUT2D eigenvalue weighted by molar-refractivity contribution is -0.120. The third kappa shape index (κ3) is 3.95. The second-order valence-electron chi connectivity index (χ2n) is 5.40. The number of rotatable bonds is 4. The standard InChI is InChI=1S/C15H20ClN3O2/c1-9(20)18-11-5-6-14(13(16)7-11)19-15(21)12-4-2-3-10(12)8-17/h5-7,10,12H,2-4,8,17H2,1H3,(H,18,20)(H,19,21)/t10-,12-/m1/s1. The first-order valence-corrected chi connectivity index (χ1v) is 7.47. The molecule has 1 aromatic carbocycles. The van der Waals surface area contributed by atoms with Gasteiger partial charge in [0.1, 0.15) is 0 Å². The highest BCUT2D eigenvalue weighted by atomic mass is 35.5. The van der Waals surface area contributed by atoms with Crippen LogP contribution >= 0.6 is 11.6 Å². The molecule has 6 heteroatoms. The molecule has 0 aliphatic heterocycles. The minimum Gasteiger partial charge on any atom is -0.330 e. The van der Waals surface area contributed by atoms with Crippen molar-refractivity contribution < 1.29 is 9.59 Å². The zero-order valence-electron chi connectivity index (χ0n) is 12.0. The van der Waals surface area contributed by atoms with Crippen LogP contribution in [0, 0.1) is 11.8 Å². The molecule has 0 saturated heterocycles. The zero-order chi connectivity index (χ0) is 15.4. The SMILES string of the molecule is CC(=O)Nc1ccc(NC(=O)[C@@H]2CCC[C@@H]2CN)c(Cl)c1. The number of carbonyl (C=O) groups excluding carboxylic acids is 2. The van der Waals surface area contributed by atoms with Crippen molar-refractivity contribution >= 4 is 34.8 Å². The maximum absolute atomic E-state index is 12.3. The van der Waals surface area contributed by atoms with Crippen molar-refractivity contribution in [2.45, 2.75) is 26.2 Å². The number of hydrogen-bond acceptors (Lipinski definition) is 3. The van der Waals surface area contributed by atoms with Gasteiger partial charge in [-0.05, 0) is 43.5 Å². The summed E-state index contributed by atoms with van der Waals surface area (Å²) in [4.78, 5) is 23.3. The van der Waals surface area contributed by atoms with E-state index in [2.05, 4.69) is 10.6 Å². The Morgan fingerprint density at radius 3 is 2.71 bits per heavy atom. The van der Waals surface area contributed by atoms with Gasteiger partial charge < -0.3 is 16.4 Å². The number of nitrogens with two attached hydrogens (primary N) is 1. The fourth-order valence-corrected chi connectivity index (χ4v) is 3.01. The van der Waals surface area contributed by atoms with E-state index in [1.165, 1.54) is 6.92 Å². The minimum absolute atomic E-state index is 0.0304. The van der Waals surface area contributed by atoms with Gasteiger partial charge in [-0.2, -0.15) is 0 Å². The summed E-state index contributed by atoms with van der Waals surface area (Å²) in [5.41, 5.74) is 6.86. The molecule has 4 N–H and O–H groups in total. The van der Waals surface area contributed by atoms with Crippen molar-refractivity contribution in [1.29, 1.82) is 0 Å². The van der Waals surface area contributed by atoms with E-state index >= 15 is 0 Å². The van der Waals surface area contributed by atoms with E-state index in [0.29, 0.717) is 22.9 Å². The van der Waals surface area contributed by atoms with Gasteiger partial charge >= 0.3 is 0 Å². The largest absolute Gasteiger partial charge is 0.330 e. The van der Waals surface area contributed by atoms with Crippen LogP contribution in [0.2, 0.25) is 5.02 Å². The van der Waals surface area contributed by atoms with Crippen molar-refractivity contribution in [3.63, 3.8) is 0 Å². The highest BCUT2D eigenvalue weighted by Gasteiger charge is 2.32. The van der Waals surface area contributed by atoms with E-state index in [9.17, 15) is 9.59 Å². The van der Waals surface area contributed by atoms with Gasteiger partial charge in [-0.3, -0.25) is 9.59 Å². The number of amides is 2.